The molecule has 0 radical (unpaired) electrons. The number of carbonyl (C=O) groups excluding carboxylic acids is 1. The summed E-state index contributed by atoms with van der Waals surface area (Å²) < 4.78 is 24.2. The number of benzene rings is 3. The van der Waals surface area contributed by atoms with Crippen LogP contribution in [-0.2, 0) is 14.4 Å². The van der Waals surface area contributed by atoms with Crippen molar-refractivity contribution in [2.24, 2.45) is 0 Å². The Kier molecular flexibility index (Phi) is 27.1. The van der Waals surface area contributed by atoms with E-state index in [0.717, 1.165) is 51.7 Å². The molecular weight excluding hydrogens is 791 g/mol. The minimum atomic E-state index is -1.82. The summed E-state index contributed by atoms with van der Waals surface area (Å²) >= 11 is 0. The first-order valence-corrected chi connectivity index (χ1v) is 23.2. The van der Waals surface area contributed by atoms with Gasteiger partial charge in [0.2, 0.25) is 5.91 Å². The number of hydroxylamine groups is 2. The summed E-state index contributed by atoms with van der Waals surface area (Å²) in [6.45, 7) is 6.33. The number of ether oxygens (including phenoxy) is 4. The number of unbranched alkanes of at least 4 members (excludes halogenated alkanes) is 14. The predicted molar refractivity (Wildman–Crippen MR) is 244 cm³/mol. The van der Waals surface area contributed by atoms with E-state index in [-0.39, 0.29) is 26.4 Å². The second kappa shape index (κ2) is 32.0. The molecule has 0 saturated carbocycles. The summed E-state index contributed by atoms with van der Waals surface area (Å²) in [6, 6.07) is 22.4. The Hall–Kier alpha value is -3.75. The summed E-state index contributed by atoms with van der Waals surface area (Å²) in [5, 5.41) is 49.7. The SMILES string of the molecule is CCCCCCCCCCOc1ccc(-c2ccc(-c3ccc(OCCCCCCCCCC)cc3)c(OCCOCCON(C[C@H](O)[C@@H](O)[C@H](O)[C@H](O)CO)C(C)=O)c2)cc1. The van der Waals surface area contributed by atoms with Crippen LogP contribution in [0.3, 0.4) is 0 Å². The number of aliphatic hydroxyl groups excluding tert-OH is 5. The van der Waals surface area contributed by atoms with E-state index in [1.807, 2.05) is 42.5 Å². The Morgan fingerprint density at radius 1 is 0.532 bits per heavy atom. The molecule has 348 valence electrons. The number of rotatable bonds is 36. The van der Waals surface area contributed by atoms with Gasteiger partial charge in [-0.1, -0.05) is 140 Å². The van der Waals surface area contributed by atoms with Gasteiger partial charge in [-0.25, -0.2) is 5.06 Å². The Morgan fingerprint density at radius 3 is 1.52 bits per heavy atom. The highest BCUT2D eigenvalue weighted by Gasteiger charge is 2.32. The molecule has 0 aromatic heterocycles. The van der Waals surface area contributed by atoms with E-state index in [2.05, 4.69) is 38.1 Å². The zero-order valence-corrected chi connectivity index (χ0v) is 37.8. The van der Waals surface area contributed by atoms with Crippen molar-refractivity contribution in [1.29, 1.82) is 0 Å². The molecule has 12 heteroatoms. The maximum atomic E-state index is 12.1. The summed E-state index contributed by atoms with van der Waals surface area (Å²) in [5.74, 6) is 1.83. The lowest BCUT2D eigenvalue weighted by molar-refractivity contribution is -0.204. The van der Waals surface area contributed by atoms with Gasteiger partial charge in [0.25, 0.3) is 0 Å². The van der Waals surface area contributed by atoms with Gasteiger partial charge in [0.05, 0.1) is 46.2 Å². The topological polar surface area (TPSA) is 168 Å². The second-order valence-corrected chi connectivity index (χ2v) is 16.1. The van der Waals surface area contributed by atoms with E-state index < -0.39 is 43.5 Å². The lowest BCUT2D eigenvalue weighted by atomic mass is 9.99. The Labute approximate surface area is 371 Å². The van der Waals surface area contributed by atoms with Crippen LogP contribution in [0.2, 0.25) is 0 Å². The largest absolute Gasteiger partial charge is 0.494 e. The van der Waals surface area contributed by atoms with Gasteiger partial charge in [0.1, 0.15) is 48.3 Å². The molecule has 3 aromatic carbocycles. The first kappa shape index (κ1) is 52.6. The minimum absolute atomic E-state index is 0.0444. The van der Waals surface area contributed by atoms with Gasteiger partial charge in [-0.15, -0.1) is 0 Å². The van der Waals surface area contributed by atoms with Crippen LogP contribution in [0.15, 0.2) is 66.7 Å². The fourth-order valence-corrected chi connectivity index (χ4v) is 7.02. The lowest BCUT2D eigenvalue weighted by Gasteiger charge is -2.29. The fraction of sp³-hybridized carbons (Fsp3) is 0.620. The van der Waals surface area contributed by atoms with Crippen molar-refractivity contribution in [2.75, 3.05) is 52.8 Å². The van der Waals surface area contributed by atoms with Crippen LogP contribution in [0.25, 0.3) is 22.3 Å². The Morgan fingerprint density at radius 2 is 1.00 bits per heavy atom. The smallest absolute Gasteiger partial charge is 0.243 e. The number of amides is 1. The molecule has 4 atom stereocenters. The normalized spacial score (nSPS) is 13.4. The molecule has 12 nitrogen and oxygen atoms in total. The van der Waals surface area contributed by atoms with Gasteiger partial charge in [0, 0.05) is 12.5 Å². The molecular formula is C50H77NO11. The average Bonchev–Trinajstić information content (AvgIpc) is 3.29. The molecule has 0 aliphatic heterocycles. The molecule has 0 saturated heterocycles. The highest BCUT2D eigenvalue weighted by Crippen LogP contribution is 2.36. The molecule has 0 spiro atoms. The van der Waals surface area contributed by atoms with Crippen LogP contribution in [0.4, 0.5) is 0 Å². The summed E-state index contributed by atoms with van der Waals surface area (Å²) in [7, 11) is 0. The number of carbonyl (C=O) groups is 1. The van der Waals surface area contributed by atoms with Crippen LogP contribution in [0.1, 0.15) is 124 Å². The molecule has 0 bridgehead atoms. The number of nitrogens with zero attached hydrogens (tertiary/aromatic N) is 1. The quantitative estimate of drug-likeness (QED) is 0.0280. The van der Waals surface area contributed by atoms with E-state index in [1.165, 1.54) is 96.8 Å². The molecule has 3 rings (SSSR count). The Balaban J connectivity index is 1.57. The summed E-state index contributed by atoms with van der Waals surface area (Å²) in [5.41, 5.74) is 3.94. The predicted octanol–water partition coefficient (Wildman–Crippen LogP) is 8.67. The maximum Gasteiger partial charge on any atom is 0.243 e. The summed E-state index contributed by atoms with van der Waals surface area (Å²) in [4.78, 5) is 17.6. The molecule has 0 heterocycles. The number of hydrogen-bond donors (Lipinski definition) is 5. The van der Waals surface area contributed by atoms with Crippen molar-refractivity contribution in [1.82, 2.24) is 5.06 Å². The van der Waals surface area contributed by atoms with Crippen molar-refractivity contribution >= 4 is 5.91 Å². The zero-order valence-electron chi connectivity index (χ0n) is 37.8. The summed E-state index contributed by atoms with van der Waals surface area (Å²) in [6.07, 6.45) is 13.2. The van der Waals surface area contributed by atoms with Crippen molar-refractivity contribution < 1.29 is 54.1 Å². The van der Waals surface area contributed by atoms with Crippen molar-refractivity contribution in [3.63, 3.8) is 0 Å². The zero-order chi connectivity index (χ0) is 44.8. The molecule has 5 N–H and O–H groups in total. The molecule has 0 aliphatic carbocycles. The van der Waals surface area contributed by atoms with E-state index in [4.69, 9.17) is 28.9 Å². The molecule has 3 aromatic rings. The molecule has 62 heavy (non-hydrogen) atoms. The molecule has 0 unspecified atom stereocenters. The van der Waals surface area contributed by atoms with Gasteiger partial charge in [-0.05, 0) is 59.9 Å². The average molecular weight is 868 g/mol. The first-order valence-electron chi connectivity index (χ1n) is 23.2. The van der Waals surface area contributed by atoms with E-state index >= 15 is 0 Å². The van der Waals surface area contributed by atoms with Crippen LogP contribution < -0.4 is 14.2 Å². The fourth-order valence-electron chi connectivity index (χ4n) is 7.02. The molecule has 0 fully saturated rings. The maximum absolute atomic E-state index is 12.1. The van der Waals surface area contributed by atoms with E-state index in [0.29, 0.717) is 19.0 Å². The van der Waals surface area contributed by atoms with Crippen LogP contribution in [-0.4, -0.2) is 114 Å². The van der Waals surface area contributed by atoms with Crippen LogP contribution in [0, 0.1) is 0 Å². The van der Waals surface area contributed by atoms with Gasteiger partial charge >= 0.3 is 0 Å². The Bertz CT molecular complexity index is 1590. The minimum Gasteiger partial charge on any atom is -0.494 e. The number of aliphatic hydroxyl groups is 5. The highest BCUT2D eigenvalue weighted by molar-refractivity contribution is 5.77. The highest BCUT2D eigenvalue weighted by atomic mass is 16.7. The van der Waals surface area contributed by atoms with Crippen molar-refractivity contribution in [2.45, 2.75) is 148 Å². The molecule has 0 aliphatic rings. The third-order valence-corrected chi connectivity index (χ3v) is 10.9. The van der Waals surface area contributed by atoms with E-state index in [1.54, 1.807) is 0 Å². The van der Waals surface area contributed by atoms with Gasteiger partial charge < -0.3 is 44.5 Å². The van der Waals surface area contributed by atoms with E-state index in [9.17, 15) is 25.2 Å². The monoisotopic (exact) mass is 868 g/mol. The van der Waals surface area contributed by atoms with Crippen molar-refractivity contribution in [3.8, 4) is 39.5 Å². The third-order valence-electron chi connectivity index (χ3n) is 10.9. The molecule has 1 amide bonds. The van der Waals surface area contributed by atoms with Gasteiger partial charge in [0.15, 0.2) is 0 Å². The van der Waals surface area contributed by atoms with Crippen molar-refractivity contribution in [3.05, 3.63) is 66.7 Å². The van der Waals surface area contributed by atoms with Gasteiger partial charge in [-0.3, -0.25) is 9.63 Å². The van der Waals surface area contributed by atoms with Crippen LogP contribution >= 0.6 is 0 Å². The lowest BCUT2D eigenvalue weighted by Crippen LogP contribution is -2.50. The second-order valence-electron chi connectivity index (χ2n) is 16.1. The first-order chi connectivity index (χ1) is 30.2. The van der Waals surface area contributed by atoms with Gasteiger partial charge in [-0.2, -0.15) is 0 Å². The number of hydrogen-bond acceptors (Lipinski definition) is 11. The third kappa shape index (κ3) is 20.6. The standard InChI is InChI=1S/C50H77NO11/c1-4-6-8-10-12-14-16-18-30-59-43-25-20-40(21-26-43)42-24-29-45(41-22-27-44(28-23-41)60-31-19-17-15-13-11-9-7-5-2)48(36-42)61-34-32-58-33-35-62-51(39(3)53)37-46(54)49(56)50(57)47(55)38-52/h20-29,36,46-47,49-50,52,54-57H,4-19,30-35,37-38H2,1-3H3/t46-,47+,49+,50+/m0/s1. The van der Waals surface area contributed by atoms with Crippen LogP contribution in [0.5, 0.6) is 17.2 Å².